The van der Waals surface area contributed by atoms with Gasteiger partial charge in [0.1, 0.15) is 0 Å². The number of alkyl halides is 6. The zero-order valence-electron chi connectivity index (χ0n) is 10.7. The summed E-state index contributed by atoms with van der Waals surface area (Å²) in [5, 5.41) is 0. The Morgan fingerprint density at radius 2 is 0.560 bits per heavy atom. The van der Waals surface area contributed by atoms with Crippen molar-refractivity contribution in [1.29, 1.82) is 0 Å². The highest BCUT2D eigenvalue weighted by molar-refractivity contribution is 6.68. The first kappa shape index (κ1) is 23.2. The molecule has 16 heteroatoms. The van der Waals surface area contributed by atoms with Gasteiger partial charge >= 0.3 is 25.0 Å². The van der Waals surface area contributed by atoms with Crippen molar-refractivity contribution in [2.24, 2.45) is 0 Å². The van der Waals surface area contributed by atoms with Crippen molar-refractivity contribution in [3.05, 3.63) is 35.7 Å². The van der Waals surface area contributed by atoms with Crippen molar-refractivity contribution in [2.75, 3.05) is 0 Å². The van der Waals surface area contributed by atoms with Crippen LogP contribution in [0.15, 0.2) is 35.7 Å². The quantitative estimate of drug-likeness (QED) is 0.364. The average molecular weight is 404 g/mol. The van der Waals surface area contributed by atoms with Gasteiger partial charge in [0.25, 0.3) is 17.5 Å². The first-order valence-corrected chi connectivity index (χ1v) is 5.20. The van der Waals surface area contributed by atoms with Crippen LogP contribution in [0, 0.1) is 0 Å². The van der Waals surface area contributed by atoms with Crippen LogP contribution in [0.25, 0.3) is 0 Å². The number of halogens is 15. The van der Waals surface area contributed by atoms with Crippen LogP contribution in [-0.4, -0.2) is 24.2 Å². The van der Waals surface area contributed by atoms with E-state index in [-0.39, 0.29) is 0 Å². The molecule has 0 aromatic heterocycles. The largest absolute Gasteiger partial charge is 0.423 e. The van der Waals surface area contributed by atoms with E-state index in [0.717, 1.165) is 0 Å². The molecule has 0 fully saturated rings. The third-order valence-corrected chi connectivity index (χ3v) is 2.46. The summed E-state index contributed by atoms with van der Waals surface area (Å²) in [6.07, 6.45) is -12.8. The molecule has 0 aromatic carbocycles. The Kier molecular flexibility index (Phi) is 6.72. The van der Waals surface area contributed by atoms with Crippen LogP contribution in [0.4, 0.5) is 65.9 Å². The Morgan fingerprint density at radius 3 is 0.680 bits per heavy atom. The van der Waals surface area contributed by atoms with Crippen LogP contribution in [0.3, 0.4) is 0 Å². The maximum absolute atomic E-state index is 13.2. The maximum atomic E-state index is 13.2. The summed E-state index contributed by atoms with van der Waals surface area (Å²) in [7, 11) is 0. The summed E-state index contributed by atoms with van der Waals surface area (Å²) in [5.41, 5.74) is 0. The maximum Gasteiger partial charge on any atom is 0.423 e. The lowest BCUT2D eigenvalue weighted by Crippen LogP contribution is -2.64. The summed E-state index contributed by atoms with van der Waals surface area (Å²) in [6.45, 7) is -6.07. The molecule has 0 saturated heterocycles. The van der Waals surface area contributed by atoms with Crippen LogP contribution in [-0.2, 0) is 0 Å². The minimum absolute atomic E-state index is 4.25. The molecule has 0 aromatic rings. The van der Waals surface area contributed by atoms with E-state index < -0.39 is 59.9 Å². The van der Waals surface area contributed by atoms with Crippen LogP contribution >= 0.6 is 0 Å². The second kappa shape index (κ2) is 7.23. The zero-order chi connectivity index (χ0) is 20.5. The van der Waals surface area contributed by atoms with Gasteiger partial charge in [0.05, 0.1) is 0 Å². The second-order valence-electron chi connectivity index (χ2n) is 4.03. The predicted molar refractivity (Wildman–Crippen MR) is 51.6 cm³/mol. The van der Waals surface area contributed by atoms with E-state index in [1.54, 1.807) is 0 Å². The van der Waals surface area contributed by atoms with E-state index >= 15 is 0 Å². The zero-order valence-corrected chi connectivity index (χ0v) is 10.7. The molecule has 0 bridgehead atoms. The average Bonchev–Trinajstić information content (AvgIpc) is 2.42. The van der Waals surface area contributed by atoms with E-state index in [4.69, 9.17) is 0 Å². The molecule has 0 aliphatic rings. The summed E-state index contributed by atoms with van der Waals surface area (Å²) in [5.74, 6) is -34.1. The molecule has 0 heterocycles. The number of hydrogen-bond donors (Lipinski definition) is 0. The Morgan fingerprint density at radius 1 is 0.400 bits per heavy atom. The molecular formula is C9BF15. The van der Waals surface area contributed by atoms with E-state index in [9.17, 15) is 65.9 Å². The van der Waals surface area contributed by atoms with Crippen LogP contribution in [0.1, 0.15) is 0 Å². The van der Waals surface area contributed by atoms with Crippen molar-refractivity contribution in [3.8, 4) is 0 Å². The minimum atomic E-state index is -6.95. The monoisotopic (exact) mass is 404 g/mol. The highest BCUT2D eigenvalue weighted by Crippen LogP contribution is 2.50. The van der Waals surface area contributed by atoms with Gasteiger partial charge in [-0.25, -0.2) is 39.5 Å². The van der Waals surface area contributed by atoms with Gasteiger partial charge in [0, 0.05) is 0 Å². The summed E-state index contributed by atoms with van der Waals surface area (Å²) < 4.78 is 188. The highest BCUT2D eigenvalue weighted by Gasteiger charge is 2.77. The highest BCUT2D eigenvalue weighted by atomic mass is 19.3. The molecular weight excluding hydrogens is 404 g/mol. The van der Waals surface area contributed by atoms with Crippen molar-refractivity contribution in [2.45, 2.75) is 17.5 Å². The second-order valence-corrected chi connectivity index (χ2v) is 4.03. The van der Waals surface area contributed by atoms with Gasteiger partial charge in [-0.3, -0.25) is 0 Å². The van der Waals surface area contributed by atoms with E-state index in [1.165, 1.54) is 0 Å². The van der Waals surface area contributed by atoms with Gasteiger partial charge in [-0.05, 0) is 0 Å². The number of allylic oxidation sites excluding steroid dienone is 3. The van der Waals surface area contributed by atoms with E-state index in [0.29, 0.717) is 0 Å². The smallest absolute Gasteiger partial charge is 0.209 e. The Hall–Kier alpha value is -1.77. The fourth-order valence-electron chi connectivity index (χ4n) is 1.44. The van der Waals surface area contributed by atoms with Gasteiger partial charge in [-0.2, -0.15) is 26.3 Å². The number of rotatable bonds is 6. The lowest BCUT2D eigenvalue weighted by atomic mass is 9.34. The van der Waals surface area contributed by atoms with Gasteiger partial charge in [0.2, 0.25) is 17.5 Å². The first-order chi connectivity index (χ1) is 10.9. The van der Waals surface area contributed by atoms with Crippen LogP contribution in [0.2, 0.25) is 0 Å². The molecule has 25 heavy (non-hydrogen) atoms. The topological polar surface area (TPSA) is 0 Å². The summed E-state index contributed by atoms with van der Waals surface area (Å²) >= 11 is 0. The summed E-state index contributed by atoms with van der Waals surface area (Å²) in [6, 6.07) is 0. The van der Waals surface area contributed by atoms with Crippen molar-refractivity contribution < 1.29 is 65.9 Å². The predicted octanol–water partition coefficient (Wildman–Crippen LogP) is 6.24. The number of hydrogen-bond acceptors (Lipinski definition) is 0. The Labute approximate surface area is 127 Å². The third kappa shape index (κ3) is 4.26. The fraction of sp³-hybridized carbons (Fsp3) is 0.333. The fourth-order valence-corrected chi connectivity index (χ4v) is 1.44. The van der Waals surface area contributed by atoms with Gasteiger partial charge in [-0.1, -0.05) is 0 Å². The molecule has 0 nitrogen and oxygen atoms in total. The molecule has 144 valence electrons. The molecule has 0 spiro atoms. The first-order valence-electron chi connectivity index (χ1n) is 5.20. The molecule has 0 amide bonds. The molecule has 0 rings (SSSR count). The molecule has 0 radical (unpaired) electrons. The van der Waals surface area contributed by atoms with Gasteiger partial charge in [0.15, 0.2) is 0 Å². The lowest BCUT2D eigenvalue weighted by Gasteiger charge is -2.32. The normalized spacial score (nSPS) is 12.6. The van der Waals surface area contributed by atoms with Crippen LogP contribution < -0.4 is 0 Å². The van der Waals surface area contributed by atoms with E-state index in [1.807, 2.05) is 0 Å². The van der Waals surface area contributed by atoms with Gasteiger partial charge < -0.3 is 0 Å². The molecule has 0 saturated carbocycles. The standard InChI is InChI=1S/C9BF15/c11-1(4(14)15)7(20,21)10(8(22,23)2(12)5(16)17)9(24,25)3(13)6(18)19. The summed E-state index contributed by atoms with van der Waals surface area (Å²) in [4.78, 5) is 0. The lowest BCUT2D eigenvalue weighted by molar-refractivity contribution is -0.00640. The van der Waals surface area contributed by atoms with Crippen molar-refractivity contribution in [1.82, 2.24) is 0 Å². The van der Waals surface area contributed by atoms with Crippen LogP contribution in [0.5, 0.6) is 0 Å². The van der Waals surface area contributed by atoms with Crippen molar-refractivity contribution >= 4 is 6.71 Å². The molecule has 0 unspecified atom stereocenters. The minimum Gasteiger partial charge on any atom is -0.209 e. The van der Waals surface area contributed by atoms with Gasteiger partial charge in [-0.15, -0.1) is 0 Å². The molecule has 0 aliphatic carbocycles. The Balaban J connectivity index is 6.95. The van der Waals surface area contributed by atoms with Crippen molar-refractivity contribution in [3.63, 3.8) is 0 Å². The SMILES string of the molecule is FC(F)=C(F)C(F)(F)B(C(F)(F)C(F)=C(F)F)C(F)(F)C(F)=C(F)F. The molecule has 0 atom stereocenters. The molecule has 0 N–H and O–H groups in total. The third-order valence-electron chi connectivity index (χ3n) is 2.46. The van der Waals surface area contributed by atoms with E-state index in [2.05, 4.69) is 0 Å². The Bertz CT molecular complexity index is 517. The molecule has 0 aliphatic heterocycles.